The Bertz CT molecular complexity index is 551. The van der Waals surface area contributed by atoms with Crippen molar-refractivity contribution in [1.29, 1.82) is 0 Å². The summed E-state index contributed by atoms with van der Waals surface area (Å²) >= 11 is 0. The molecule has 0 saturated carbocycles. The molecule has 5 nitrogen and oxygen atoms in total. The van der Waals surface area contributed by atoms with Crippen molar-refractivity contribution in [3.05, 3.63) is 59.7 Å². The number of hydrogen-bond acceptors (Lipinski definition) is 5. The number of carbonyl (C=O) groups excluding carboxylic acids is 1. The number of rotatable bonds is 4. The number of ketones is 1. The van der Waals surface area contributed by atoms with E-state index in [1.54, 1.807) is 30.3 Å². The number of benzene rings is 2. The topological polar surface area (TPSA) is 76.0 Å². The van der Waals surface area contributed by atoms with Gasteiger partial charge in [0.05, 0.1) is 5.56 Å². The van der Waals surface area contributed by atoms with Gasteiger partial charge in [-0.25, -0.2) is 10.5 Å². The number of hydrogen-bond donors (Lipinski definition) is 2. The molecule has 0 radical (unpaired) electrons. The molecule has 0 spiro atoms. The van der Waals surface area contributed by atoms with Crippen LogP contribution in [0.2, 0.25) is 0 Å². The number of carbonyl (C=O) groups is 1. The van der Waals surface area contributed by atoms with Gasteiger partial charge in [-0.2, -0.15) is 0 Å². The molecular formula is C13H10O5. The molecule has 2 aromatic rings. The second-order valence-corrected chi connectivity index (χ2v) is 3.51. The van der Waals surface area contributed by atoms with Crippen LogP contribution in [0.3, 0.4) is 0 Å². The van der Waals surface area contributed by atoms with Gasteiger partial charge in [0.25, 0.3) is 0 Å². The Morgan fingerprint density at radius 1 is 0.889 bits per heavy atom. The highest BCUT2D eigenvalue weighted by molar-refractivity contribution is 6.11. The van der Waals surface area contributed by atoms with Crippen LogP contribution in [-0.2, 0) is 0 Å². The van der Waals surface area contributed by atoms with E-state index in [0.717, 1.165) is 0 Å². The minimum absolute atomic E-state index is 0.0928. The van der Waals surface area contributed by atoms with Gasteiger partial charge >= 0.3 is 0 Å². The van der Waals surface area contributed by atoms with Crippen molar-refractivity contribution in [3.8, 4) is 11.5 Å². The van der Waals surface area contributed by atoms with Crippen LogP contribution in [0.15, 0.2) is 48.5 Å². The lowest BCUT2D eigenvalue weighted by atomic mass is 10.0. The van der Waals surface area contributed by atoms with Gasteiger partial charge in [0, 0.05) is 5.56 Å². The fourth-order valence-corrected chi connectivity index (χ4v) is 1.61. The summed E-state index contributed by atoms with van der Waals surface area (Å²) in [4.78, 5) is 20.3. The molecule has 0 fully saturated rings. The highest BCUT2D eigenvalue weighted by atomic mass is 17.1. The quantitative estimate of drug-likeness (QED) is 0.492. The Morgan fingerprint density at radius 3 is 2.22 bits per heavy atom. The van der Waals surface area contributed by atoms with E-state index in [-0.39, 0.29) is 22.8 Å². The van der Waals surface area contributed by atoms with Gasteiger partial charge in [-0.15, -0.1) is 0 Å². The molecule has 0 aromatic heterocycles. The molecule has 0 unspecified atom stereocenters. The summed E-state index contributed by atoms with van der Waals surface area (Å²) in [6.45, 7) is 0. The van der Waals surface area contributed by atoms with Gasteiger partial charge < -0.3 is 9.78 Å². The lowest BCUT2D eigenvalue weighted by Gasteiger charge is -2.08. The first-order valence-corrected chi connectivity index (χ1v) is 5.13. The van der Waals surface area contributed by atoms with Crippen LogP contribution in [0.1, 0.15) is 15.9 Å². The van der Waals surface area contributed by atoms with E-state index < -0.39 is 0 Å². The summed E-state index contributed by atoms with van der Waals surface area (Å²) < 4.78 is 0. The molecule has 0 amide bonds. The summed E-state index contributed by atoms with van der Waals surface area (Å²) in [5.74, 6) is -0.716. The van der Waals surface area contributed by atoms with E-state index in [1.807, 2.05) is 0 Å². The minimum atomic E-state index is -0.349. The zero-order valence-corrected chi connectivity index (χ0v) is 9.24. The van der Waals surface area contributed by atoms with Crippen molar-refractivity contribution in [1.82, 2.24) is 0 Å². The van der Waals surface area contributed by atoms with Crippen LogP contribution in [0.5, 0.6) is 11.5 Å². The zero-order valence-electron chi connectivity index (χ0n) is 9.24. The minimum Gasteiger partial charge on any atom is -0.336 e. The van der Waals surface area contributed by atoms with Gasteiger partial charge in [0.15, 0.2) is 5.78 Å². The summed E-state index contributed by atoms with van der Waals surface area (Å²) in [6, 6.07) is 12.8. The summed E-state index contributed by atoms with van der Waals surface area (Å²) in [6.07, 6.45) is 0. The molecule has 2 aromatic carbocycles. The molecule has 2 N–H and O–H groups in total. The highest BCUT2D eigenvalue weighted by Gasteiger charge is 2.19. The Balaban J connectivity index is 2.48. The van der Waals surface area contributed by atoms with Crippen molar-refractivity contribution in [3.63, 3.8) is 0 Å². The SMILES string of the molecule is O=C(c1ccccc1)c1cccc(OO)c1OO. The molecule has 0 aliphatic carbocycles. The fourth-order valence-electron chi connectivity index (χ4n) is 1.61. The van der Waals surface area contributed by atoms with Crippen LogP contribution in [0.25, 0.3) is 0 Å². The molecule has 0 aliphatic rings. The van der Waals surface area contributed by atoms with Gasteiger partial charge in [-0.1, -0.05) is 36.4 Å². The molecule has 18 heavy (non-hydrogen) atoms. The molecule has 0 bridgehead atoms. The van der Waals surface area contributed by atoms with E-state index in [1.165, 1.54) is 18.2 Å². The van der Waals surface area contributed by atoms with E-state index in [2.05, 4.69) is 9.78 Å². The normalized spacial score (nSPS) is 9.89. The van der Waals surface area contributed by atoms with E-state index in [9.17, 15) is 4.79 Å². The van der Waals surface area contributed by atoms with Crippen LogP contribution in [0.4, 0.5) is 0 Å². The Hall–Kier alpha value is -2.37. The fraction of sp³-hybridized carbons (Fsp3) is 0. The first-order chi connectivity index (χ1) is 8.77. The molecule has 0 aliphatic heterocycles. The Kier molecular flexibility index (Phi) is 3.57. The zero-order chi connectivity index (χ0) is 13.0. The van der Waals surface area contributed by atoms with E-state index in [0.29, 0.717) is 5.56 Å². The third kappa shape index (κ3) is 2.17. The lowest BCUT2D eigenvalue weighted by Crippen LogP contribution is -2.05. The average Bonchev–Trinajstić information content (AvgIpc) is 2.46. The third-order valence-electron chi connectivity index (χ3n) is 2.45. The maximum atomic E-state index is 12.2. The van der Waals surface area contributed by atoms with Crippen LogP contribution in [-0.4, -0.2) is 16.3 Å². The molecular weight excluding hydrogens is 236 g/mol. The standard InChI is InChI=1S/C13H10O5/c14-12(9-5-2-1-3-6-9)10-7-4-8-11(17-15)13(10)18-16/h1-8,15-16H. The predicted molar refractivity (Wildman–Crippen MR) is 62.8 cm³/mol. The van der Waals surface area contributed by atoms with E-state index >= 15 is 0 Å². The van der Waals surface area contributed by atoms with Gasteiger partial charge in [-0.3, -0.25) is 4.79 Å². The van der Waals surface area contributed by atoms with Crippen molar-refractivity contribution in [2.75, 3.05) is 0 Å². The third-order valence-corrected chi connectivity index (χ3v) is 2.45. The lowest BCUT2D eigenvalue weighted by molar-refractivity contribution is -0.164. The highest BCUT2D eigenvalue weighted by Crippen LogP contribution is 2.31. The molecule has 92 valence electrons. The summed E-state index contributed by atoms with van der Waals surface area (Å²) in [5, 5.41) is 17.4. The monoisotopic (exact) mass is 246 g/mol. The summed E-state index contributed by atoms with van der Waals surface area (Å²) in [7, 11) is 0. The largest absolute Gasteiger partial charge is 0.336 e. The predicted octanol–water partition coefficient (Wildman–Crippen LogP) is 2.62. The van der Waals surface area contributed by atoms with Crippen LogP contribution >= 0.6 is 0 Å². The van der Waals surface area contributed by atoms with Gasteiger partial charge in [0.2, 0.25) is 11.5 Å². The molecule has 0 heterocycles. The van der Waals surface area contributed by atoms with E-state index in [4.69, 9.17) is 10.5 Å². The smallest absolute Gasteiger partial charge is 0.222 e. The summed E-state index contributed by atoms with van der Waals surface area (Å²) in [5.41, 5.74) is 0.529. The van der Waals surface area contributed by atoms with Crippen molar-refractivity contribution >= 4 is 5.78 Å². The number of para-hydroxylation sites is 1. The molecule has 0 saturated heterocycles. The van der Waals surface area contributed by atoms with Crippen molar-refractivity contribution in [2.24, 2.45) is 0 Å². The second-order valence-electron chi connectivity index (χ2n) is 3.51. The van der Waals surface area contributed by atoms with Crippen molar-refractivity contribution in [2.45, 2.75) is 0 Å². The Morgan fingerprint density at radius 2 is 1.61 bits per heavy atom. The first kappa shape index (κ1) is 12.1. The first-order valence-electron chi connectivity index (χ1n) is 5.13. The van der Waals surface area contributed by atoms with Gasteiger partial charge in [-0.05, 0) is 12.1 Å². The van der Waals surface area contributed by atoms with Gasteiger partial charge in [0.1, 0.15) is 0 Å². The maximum absolute atomic E-state index is 12.2. The van der Waals surface area contributed by atoms with Crippen LogP contribution < -0.4 is 9.78 Å². The van der Waals surface area contributed by atoms with Crippen LogP contribution in [0, 0.1) is 0 Å². The van der Waals surface area contributed by atoms with Crippen molar-refractivity contribution < 1.29 is 25.1 Å². The molecule has 5 heteroatoms. The molecule has 0 atom stereocenters. The molecule has 2 rings (SSSR count). The average molecular weight is 246 g/mol. The maximum Gasteiger partial charge on any atom is 0.222 e. The second kappa shape index (κ2) is 5.31. The Labute approximate surface area is 103 Å².